The molecule has 0 aromatic carbocycles. The fourth-order valence-electron chi connectivity index (χ4n) is 2.73. The second-order valence-electron chi connectivity index (χ2n) is 5.49. The van der Waals surface area contributed by atoms with Crippen LogP contribution in [0.2, 0.25) is 0 Å². The maximum atomic E-state index is 5.89. The molecule has 1 aromatic heterocycles. The molecule has 0 amide bonds. The first-order chi connectivity index (χ1) is 8.60. The van der Waals surface area contributed by atoms with Crippen LogP contribution < -0.4 is 10.6 Å². The molecular formula is C14H24N4. The molecule has 1 aliphatic heterocycles. The lowest BCUT2D eigenvalue weighted by Crippen LogP contribution is -2.40. The first-order valence-electron chi connectivity index (χ1n) is 7.00. The molecule has 2 unspecified atom stereocenters. The Kier molecular flexibility index (Phi) is 4.04. The maximum absolute atomic E-state index is 5.89. The third kappa shape index (κ3) is 2.92. The normalized spacial score (nSPS) is 24.3. The van der Waals surface area contributed by atoms with Crippen molar-refractivity contribution < 1.29 is 0 Å². The van der Waals surface area contributed by atoms with Crippen molar-refractivity contribution in [2.45, 2.75) is 52.5 Å². The topological polar surface area (TPSA) is 55.0 Å². The molecule has 1 fully saturated rings. The second-order valence-corrected chi connectivity index (χ2v) is 5.49. The van der Waals surface area contributed by atoms with Gasteiger partial charge in [-0.3, -0.25) is 0 Å². The van der Waals surface area contributed by atoms with E-state index in [9.17, 15) is 0 Å². The molecule has 100 valence electrons. The van der Waals surface area contributed by atoms with Crippen LogP contribution in [0.3, 0.4) is 0 Å². The van der Waals surface area contributed by atoms with Gasteiger partial charge in [-0.15, -0.1) is 0 Å². The lowest BCUT2D eigenvalue weighted by atomic mass is 9.93. The van der Waals surface area contributed by atoms with Crippen molar-refractivity contribution in [3.05, 3.63) is 11.9 Å². The summed E-state index contributed by atoms with van der Waals surface area (Å²) < 4.78 is 0. The molecule has 18 heavy (non-hydrogen) atoms. The smallest absolute Gasteiger partial charge is 0.134 e. The molecule has 0 spiro atoms. The van der Waals surface area contributed by atoms with Crippen LogP contribution in [-0.2, 0) is 6.42 Å². The summed E-state index contributed by atoms with van der Waals surface area (Å²) in [4.78, 5) is 11.3. The standard InChI is InChI=1S/C14H24N4/c1-4-5-13-16-12(15)9-14(17-13)18-7-6-10(2)8-11(18)3/h9-11H,4-8H2,1-3H3,(H2,15,16,17). The molecule has 0 bridgehead atoms. The minimum Gasteiger partial charge on any atom is -0.384 e. The zero-order valence-corrected chi connectivity index (χ0v) is 11.7. The number of nitrogen functional groups attached to an aromatic ring is 1. The fourth-order valence-corrected chi connectivity index (χ4v) is 2.73. The van der Waals surface area contributed by atoms with Gasteiger partial charge in [0.1, 0.15) is 17.5 Å². The predicted molar refractivity (Wildman–Crippen MR) is 75.6 cm³/mol. The number of anilines is 2. The first kappa shape index (κ1) is 13.1. The molecule has 0 aliphatic carbocycles. The highest BCUT2D eigenvalue weighted by Gasteiger charge is 2.24. The van der Waals surface area contributed by atoms with E-state index in [-0.39, 0.29) is 0 Å². The number of nitrogens with zero attached hydrogens (tertiary/aromatic N) is 3. The van der Waals surface area contributed by atoms with Crippen LogP contribution in [0.5, 0.6) is 0 Å². The Morgan fingerprint density at radius 1 is 1.39 bits per heavy atom. The summed E-state index contributed by atoms with van der Waals surface area (Å²) in [6.45, 7) is 7.81. The number of nitrogens with two attached hydrogens (primary N) is 1. The molecule has 0 saturated carbocycles. The van der Waals surface area contributed by atoms with Gasteiger partial charge < -0.3 is 10.6 Å². The molecule has 4 heteroatoms. The van der Waals surface area contributed by atoms with Crippen LogP contribution in [0.15, 0.2) is 6.07 Å². The highest BCUT2D eigenvalue weighted by Crippen LogP contribution is 2.27. The summed E-state index contributed by atoms with van der Waals surface area (Å²) in [6.07, 6.45) is 4.41. The molecule has 1 aliphatic rings. The third-order valence-electron chi connectivity index (χ3n) is 3.68. The minimum absolute atomic E-state index is 0.539. The molecule has 2 rings (SSSR count). The molecule has 2 atom stereocenters. The number of aryl methyl sites for hydroxylation is 1. The summed E-state index contributed by atoms with van der Waals surface area (Å²) in [7, 11) is 0. The van der Waals surface area contributed by atoms with Gasteiger partial charge in [0.25, 0.3) is 0 Å². The van der Waals surface area contributed by atoms with Gasteiger partial charge in [-0.2, -0.15) is 0 Å². The number of aromatic nitrogens is 2. The lowest BCUT2D eigenvalue weighted by molar-refractivity contribution is 0.375. The van der Waals surface area contributed by atoms with Gasteiger partial charge in [0.15, 0.2) is 0 Å². The number of piperidine rings is 1. The van der Waals surface area contributed by atoms with Crippen molar-refractivity contribution in [3.8, 4) is 0 Å². The Bertz CT molecular complexity index is 405. The Morgan fingerprint density at radius 2 is 2.17 bits per heavy atom. The highest BCUT2D eigenvalue weighted by molar-refractivity contribution is 5.48. The largest absolute Gasteiger partial charge is 0.384 e. The monoisotopic (exact) mass is 248 g/mol. The quantitative estimate of drug-likeness (QED) is 0.893. The Balaban J connectivity index is 2.21. The summed E-state index contributed by atoms with van der Waals surface area (Å²) in [5.74, 6) is 3.28. The molecule has 2 heterocycles. The maximum Gasteiger partial charge on any atom is 0.134 e. The van der Waals surface area contributed by atoms with Crippen LogP contribution in [0.25, 0.3) is 0 Å². The van der Waals surface area contributed by atoms with Crippen LogP contribution in [-0.4, -0.2) is 22.6 Å². The van der Waals surface area contributed by atoms with Gasteiger partial charge in [-0.25, -0.2) is 9.97 Å². The molecule has 1 saturated heterocycles. The zero-order chi connectivity index (χ0) is 13.1. The van der Waals surface area contributed by atoms with Crippen molar-refractivity contribution in [3.63, 3.8) is 0 Å². The molecule has 4 nitrogen and oxygen atoms in total. The average molecular weight is 248 g/mol. The number of hydrogen-bond acceptors (Lipinski definition) is 4. The van der Waals surface area contributed by atoms with Crippen molar-refractivity contribution in [2.75, 3.05) is 17.2 Å². The molecule has 1 aromatic rings. The summed E-state index contributed by atoms with van der Waals surface area (Å²) in [5.41, 5.74) is 5.89. The predicted octanol–water partition coefficient (Wildman–Crippen LogP) is 2.64. The molecule has 0 radical (unpaired) electrons. The van der Waals surface area contributed by atoms with E-state index < -0.39 is 0 Å². The Morgan fingerprint density at radius 3 is 2.83 bits per heavy atom. The van der Waals surface area contributed by atoms with E-state index in [1.54, 1.807) is 0 Å². The van der Waals surface area contributed by atoms with Gasteiger partial charge in [0.2, 0.25) is 0 Å². The van der Waals surface area contributed by atoms with E-state index in [1.807, 2.05) is 6.07 Å². The van der Waals surface area contributed by atoms with Gasteiger partial charge in [0, 0.05) is 25.1 Å². The number of rotatable bonds is 3. The van der Waals surface area contributed by atoms with Crippen LogP contribution in [0.1, 0.15) is 45.9 Å². The average Bonchev–Trinajstić information content (AvgIpc) is 2.28. The van der Waals surface area contributed by atoms with E-state index in [1.165, 1.54) is 12.8 Å². The fraction of sp³-hybridized carbons (Fsp3) is 0.714. The summed E-state index contributed by atoms with van der Waals surface area (Å²) >= 11 is 0. The van der Waals surface area contributed by atoms with Crippen LogP contribution in [0.4, 0.5) is 11.6 Å². The summed E-state index contributed by atoms with van der Waals surface area (Å²) in [6, 6.07) is 2.45. The van der Waals surface area contributed by atoms with Crippen molar-refractivity contribution in [2.24, 2.45) is 5.92 Å². The van der Waals surface area contributed by atoms with Crippen LogP contribution in [0, 0.1) is 5.92 Å². The highest BCUT2D eigenvalue weighted by atomic mass is 15.2. The zero-order valence-electron chi connectivity index (χ0n) is 11.7. The number of hydrogen-bond donors (Lipinski definition) is 1. The van der Waals surface area contributed by atoms with E-state index in [0.29, 0.717) is 11.9 Å². The van der Waals surface area contributed by atoms with Gasteiger partial charge >= 0.3 is 0 Å². The summed E-state index contributed by atoms with van der Waals surface area (Å²) in [5, 5.41) is 0. The Labute approximate surface area is 110 Å². The van der Waals surface area contributed by atoms with Gasteiger partial charge in [-0.05, 0) is 32.1 Å². The SMILES string of the molecule is CCCc1nc(N)cc(N2CCC(C)CC2C)n1. The van der Waals surface area contributed by atoms with Crippen molar-refractivity contribution >= 4 is 11.6 Å². The van der Waals surface area contributed by atoms with Crippen molar-refractivity contribution in [1.29, 1.82) is 0 Å². The minimum atomic E-state index is 0.539. The third-order valence-corrected chi connectivity index (χ3v) is 3.68. The molecular weight excluding hydrogens is 224 g/mol. The van der Waals surface area contributed by atoms with E-state index in [0.717, 1.165) is 36.9 Å². The lowest BCUT2D eigenvalue weighted by Gasteiger charge is -2.37. The Hall–Kier alpha value is -1.32. The van der Waals surface area contributed by atoms with E-state index in [4.69, 9.17) is 5.73 Å². The van der Waals surface area contributed by atoms with E-state index in [2.05, 4.69) is 35.6 Å². The second kappa shape index (κ2) is 5.55. The first-order valence-corrected chi connectivity index (χ1v) is 7.00. The van der Waals surface area contributed by atoms with Crippen molar-refractivity contribution in [1.82, 2.24) is 9.97 Å². The molecule has 2 N–H and O–H groups in total. The van der Waals surface area contributed by atoms with Gasteiger partial charge in [0.05, 0.1) is 0 Å². The van der Waals surface area contributed by atoms with Crippen LogP contribution >= 0.6 is 0 Å². The van der Waals surface area contributed by atoms with Gasteiger partial charge in [-0.1, -0.05) is 13.8 Å². The van der Waals surface area contributed by atoms with E-state index >= 15 is 0 Å².